The molecule has 0 aromatic heterocycles. The maximum Gasteiger partial charge on any atom is 0.0716 e. The van der Waals surface area contributed by atoms with Crippen molar-refractivity contribution < 1.29 is 9.84 Å². The molecule has 0 aromatic carbocycles. The molecule has 1 unspecified atom stereocenters. The van der Waals surface area contributed by atoms with Crippen molar-refractivity contribution >= 4 is 0 Å². The van der Waals surface area contributed by atoms with E-state index in [9.17, 15) is 0 Å². The Morgan fingerprint density at radius 3 is 2.78 bits per heavy atom. The van der Waals surface area contributed by atoms with Gasteiger partial charge in [-0.05, 0) is 6.42 Å². The Morgan fingerprint density at radius 2 is 2.44 bits per heavy atom. The molecule has 0 amide bonds. The SMILES string of the molecule is COCCC(C#N)CO. The van der Waals surface area contributed by atoms with Gasteiger partial charge in [0, 0.05) is 13.7 Å². The summed E-state index contributed by atoms with van der Waals surface area (Å²) in [5.41, 5.74) is 0. The highest BCUT2D eigenvalue weighted by molar-refractivity contribution is 4.81. The Kier molecular flexibility index (Phi) is 5.18. The third kappa shape index (κ3) is 3.95. The van der Waals surface area contributed by atoms with E-state index < -0.39 is 0 Å². The summed E-state index contributed by atoms with van der Waals surface area (Å²) in [6.07, 6.45) is 0.615. The number of aliphatic hydroxyl groups is 1. The molecule has 0 aromatic rings. The smallest absolute Gasteiger partial charge is 0.0716 e. The largest absolute Gasteiger partial charge is 0.395 e. The van der Waals surface area contributed by atoms with E-state index in [2.05, 4.69) is 0 Å². The molecule has 0 aliphatic carbocycles. The highest BCUT2D eigenvalue weighted by Gasteiger charge is 2.02. The minimum Gasteiger partial charge on any atom is -0.395 e. The van der Waals surface area contributed by atoms with Crippen molar-refractivity contribution in [3.8, 4) is 6.07 Å². The van der Waals surface area contributed by atoms with Crippen molar-refractivity contribution in [2.24, 2.45) is 5.92 Å². The van der Waals surface area contributed by atoms with Gasteiger partial charge in [-0.1, -0.05) is 0 Å². The van der Waals surface area contributed by atoms with Crippen LogP contribution in [0.25, 0.3) is 0 Å². The predicted octanol–water partition coefficient (Wildman–Crippen LogP) is 0.155. The number of nitrogens with zero attached hydrogens (tertiary/aromatic N) is 1. The second kappa shape index (κ2) is 5.54. The molecule has 0 spiro atoms. The maximum absolute atomic E-state index is 8.47. The van der Waals surface area contributed by atoms with Crippen molar-refractivity contribution in [2.75, 3.05) is 20.3 Å². The molecule has 3 nitrogen and oxygen atoms in total. The summed E-state index contributed by atoms with van der Waals surface area (Å²) in [4.78, 5) is 0. The van der Waals surface area contributed by atoms with E-state index >= 15 is 0 Å². The summed E-state index contributed by atoms with van der Waals surface area (Å²) in [7, 11) is 1.58. The molecule has 0 saturated carbocycles. The van der Waals surface area contributed by atoms with E-state index in [0.29, 0.717) is 13.0 Å². The van der Waals surface area contributed by atoms with Crippen LogP contribution >= 0.6 is 0 Å². The van der Waals surface area contributed by atoms with Crippen LogP contribution in [0.4, 0.5) is 0 Å². The molecule has 0 aliphatic heterocycles. The Balaban J connectivity index is 3.23. The first kappa shape index (κ1) is 8.41. The monoisotopic (exact) mass is 129 g/mol. The maximum atomic E-state index is 8.47. The number of nitriles is 1. The molecule has 1 atom stereocenters. The molecular weight excluding hydrogens is 118 g/mol. The van der Waals surface area contributed by atoms with Crippen LogP contribution < -0.4 is 0 Å². The average Bonchev–Trinajstić information content (AvgIpc) is 1.91. The van der Waals surface area contributed by atoms with Crippen molar-refractivity contribution in [2.45, 2.75) is 6.42 Å². The molecular formula is C6H11NO2. The molecule has 0 bridgehead atoms. The van der Waals surface area contributed by atoms with Crippen LogP contribution in [0.2, 0.25) is 0 Å². The van der Waals surface area contributed by atoms with E-state index in [1.807, 2.05) is 6.07 Å². The van der Waals surface area contributed by atoms with Crippen molar-refractivity contribution in [3.63, 3.8) is 0 Å². The van der Waals surface area contributed by atoms with Crippen LogP contribution in [0.1, 0.15) is 6.42 Å². The molecule has 1 N–H and O–H groups in total. The number of hydrogen-bond donors (Lipinski definition) is 1. The van der Waals surface area contributed by atoms with Gasteiger partial charge in [-0.2, -0.15) is 5.26 Å². The third-order valence-electron chi connectivity index (χ3n) is 1.07. The van der Waals surface area contributed by atoms with E-state index in [1.54, 1.807) is 7.11 Å². The summed E-state index contributed by atoms with van der Waals surface area (Å²) in [5, 5.41) is 16.8. The van der Waals surface area contributed by atoms with E-state index in [0.717, 1.165) is 0 Å². The normalized spacial score (nSPS) is 12.6. The molecule has 0 saturated heterocycles. The number of rotatable bonds is 4. The van der Waals surface area contributed by atoms with Gasteiger partial charge in [-0.25, -0.2) is 0 Å². The molecule has 3 heteroatoms. The summed E-state index contributed by atoms with van der Waals surface area (Å²) in [6, 6.07) is 1.96. The van der Waals surface area contributed by atoms with Crippen LogP contribution in [-0.2, 0) is 4.74 Å². The zero-order chi connectivity index (χ0) is 7.11. The Bertz CT molecular complexity index is 97.7. The highest BCUT2D eigenvalue weighted by atomic mass is 16.5. The lowest BCUT2D eigenvalue weighted by atomic mass is 10.1. The van der Waals surface area contributed by atoms with Gasteiger partial charge in [0.2, 0.25) is 0 Å². The van der Waals surface area contributed by atoms with Crippen molar-refractivity contribution in [1.82, 2.24) is 0 Å². The molecule has 9 heavy (non-hydrogen) atoms. The van der Waals surface area contributed by atoms with Gasteiger partial charge in [0.05, 0.1) is 18.6 Å². The first-order valence-electron chi connectivity index (χ1n) is 2.84. The van der Waals surface area contributed by atoms with Gasteiger partial charge in [-0.15, -0.1) is 0 Å². The average molecular weight is 129 g/mol. The van der Waals surface area contributed by atoms with Gasteiger partial charge in [0.15, 0.2) is 0 Å². The lowest BCUT2D eigenvalue weighted by molar-refractivity contribution is 0.164. The summed E-state index contributed by atoms with van der Waals surface area (Å²) in [6.45, 7) is 0.471. The molecule has 0 heterocycles. The quantitative estimate of drug-likeness (QED) is 0.588. The van der Waals surface area contributed by atoms with Gasteiger partial charge >= 0.3 is 0 Å². The number of hydrogen-bond acceptors (Lipinski definition) is 3. The van der Waals surface area contributed by atoms with Crippen molar-refractivity contribution in [3.05, 3.63) is 0 Å². The Morgan fingerprint density at radius 1 is 1.78 bits per heavy atom. The second-order valence-corrected chi connectivity index (χ2v) is 1.79. The fourth-order valence-electron chi connectivity index (χ4n) is 0.457. The third-order valence-corrected chi connectivity index (χ3v) is 1.07. The number of methoxy groups -OCH3 is 1. The minimum absolute atomic E-state index is 0.0696. The highest BCUT2D eigenvalue weighted by Crippen LogP contribution is 1.98. The first-order chi connectivity index (χ1) is 4.35. The number of ether oxygens (including phenoxy) is 1. The van der Waals surface area contributed by atoms with E-state index in [4.69, 9.17) is 15.1 Å². The first-order valence-corrected chi connectivity index (χ1v) is 2.84. The zero-order valence-electron chi connectivity index (χ0n) is 5.50. The van der Waals surface area contributed by atoms with E-state index in [-0.39, 0.29) is 12.5 Å². The summed E-state index contributed by atoms with van der Waals surface area (Å²) < 4.78 is 4.71. The van der Waals surface area contributed by atoms with Gasteiger partial charge < -0.3 is 9.84 Å². The van der Waals surface area contributed by atoms with E-state index in [1.165, 1.54) is 0 Å². The molecule has 0 radical (unpaired) electrons. The fraction of sp³-hybridized carbons (Fsp3) is 0.833. The van der Waals surface area contributed by atoms with Crippen LogP contribution in [0.15, 0.2) is 0 Å². The Labute approximate surface area is 54.9 Å². The minimum atomic E-state index is -0.259. The lowest BCUT2D eigenvalue weighted by Crippen LogP contribution is -2.05. The van der Waals surface area contributed by atoms with Gasteiger partial charge in [0.1, 0.15) is 0 Å². The summed E-state index contributed by atoms with van der Waals surface area (Å²) >= 11 is 0. The molecule has 52 valence electrons. The predicted molar refractivity (Wildman–Crippen MR) is 32.7 cm³/mol. The Hall–Kier alpha value is -0.590. The van der Waals surface area contributed by atoms with Crippen LogP contribution in [0.5, 0.6) is 0 Å². The second-order valence-electron chi connectivity index (χ2n) is 1.79. The number of aliphatic hydroxyl groups excluding tert-OH is 1. The lowest BCUT2D eigenvalue weighted by Gasteiger charge is -2.01. The van der Waals surface area contributed by atoms with Gasteiger partial charge in [0.25, 0.3) is 0 Å². The van der Waals surface area contributed by atoms with Crippen LogP contribution in [0.3, 0.4) is 0 Å². The van der Waals surface area contributed by atoms with Crippen LogP contribution in [0, 0.1) is 17.2 Å². The molecule has 0 fully saturated rings. The van der Waals surface area contributed by atoms with Crippen LogP contribution in [-0.4, -0.2) is 25.4 Å². The summed E-state index contributed by atoms with van der Waals surface area (Å²) in [5.74, 6) is -0.259. The van der Waals surface area contributed by atoms with Gasteiger partial charge in [-0.3, -0.25) is 0 Å². The van der Waals surface area contributed by atoms with Crippen molar-refractivity contribution in [1.29, 1.82) is 5.26 Å². The molecule has 0 aliphatic rings. The molecule has 0 rings (SSSR count). The fourth-order valence-corrected chi connectivity index (χ4v) is 0.457. The standard InChI is InChI=1S/C6H11NO2/c1-9-3-2-6(4-7)5-8/h6,8H,2-3,5H2,1H3. The topological polar surface area (TPSA) is 53.2 Å². The zero-order valence-corrected chi connectivity index (χ0v) is 5.50.